The fourth-order valence-corrected chi connectivity index (χ4v) is 2.63. The first-order valence-corrected chi connectivity index (χ1v) is 8.10. The molecular formula is C17H16BrNO4. The van der Waals surface area contributed by atoms with Crippen molar-refractivity contribution in [3.63, 3.8) is 0 Å². The minimum atomic E-state index is -0.223. The number of hydrogen-bond acceptors (Lipinski definition) is 4. The molecule has 6 heteroatoms. The molecule has 120 valence electrons. The maximum absolute atomic E-state index is 12.1. The van der Waals surface area contributed by atoms with Crippen LogP contribution in [0.25, 0.3) is 11.0 Å². The minimum absolute atomic E-state index is 0.223. The number of rotatable bonds is 7. The summed E-state index contributed by atoms with van der Waals surface area (Å²) in [6, 6.07) is 11.1. The number of halogens is 1. The highest BCUT2D eigenvalue weighted by molar-refractivity contribution is 9.10. The molecule has 0 atom stereocenters. The summed E-state index contributed by atoms with van der Waals surface area (Å²) in [7, 11) is 0. The minimum Gasteiger partial charge on any atom is -0.467 e. The third-order valence-corrected chi connectivity index (χ3v) is 3.92. The van der Waals surface area contributed by atoms with E-state index in [4.69, 9.17) is 13.6 Å². The fourth-order valence-electron chi connectivity index (χ4n) is 2.17. The molecule has 0 aliphatic carbocycles. The van der Waals surface area contributed by atoms with Crippen LogP contribution in [0.1, 0.15) is 22.7 Å². The molecule has 3 aromatic rings. The van der Waals surface area contributed by atoms with Crippen LogP contribution in [0.15, 0.2) is 56.0 Å². The Bertz CT molecular complexity index is 779. The van der Waals surface area contributed by atoms with E-state index in [1.807, 2.05) is 30.3 Å². The number of benzene rings is 1. The number of carbonyl (C=O) groups excluding carboxylic acids is 1. The summed E-state index contributed by atoms with van der Waals surface area (Å²) < 4.78 is 17.0. The van der Waals surface area contributed by atoms with Gasteiger partial charge in [0, 0.05) is 18.5 Å². The van der Waals surface area contributed by atoms with E-state index in [-0.39, 0.29) is 5.91 Å². The van der Waals surface area contributed by atoms with Gasteiger partial charge in [-0.2, -0.15) is 0 Å². The van der Waals surface area contributed by atoms with Gasteiger partial charge in [-0.3, -0.25) is 4.79 Å². The number of furan rings is 2. The highest BCUT2D eigenvalue weighted by Gasteiger charge is 2.13. The second-order valence-electron chi connectivity index (χ2n) is 5.01. The lowest BCUT2D eigenvalue weighted by molar-refractivity contribution is 0.0896. The fraction of sp³-hybridized carbons (Fsp3) is 0.235. The van der Waals surface area contributed by atoms with Gasteiger partial charge in [0.2, 0.25) is 0 Å². The van der Waals surface area contributed by atoms with Gasteiger partial charge in [0.1, 0.15) is 18.0 Å². The second kappa shape index (κ2) is 7.48. The van der Waals surface area contributed by atoms with Crippen molar-refractivity contribution in [2.75, 3.05) is 13.2 Å². The van der Waals surface area contributed by atoms with Crippen LogP contribution in [0.2, 0.25) is 0 Å². The quantitative estimate of drug-likeness (QED) is 0.628. The van der Waals surface area contributed by atoms with Crippen LogP contribution in [-0.4, -0.2) is 19.1 Å². The van der Waals surface area contributed by atoms with E-state index in [0.29, 0.717) is 31.1 Å². The maximum atomic E-state index is 12.1. The molecular weight excluding hydrogens is 362 g/mol. The summed E-state index contributed by atoms with van der Waals surface area (Å²) in [5, 5.41) is 3.72. The van der Waals surface area contributed by atoms with E-state index in [1.54, 1.807) is 12.3 Å². The number of hydrogen-bond donors (Lipinski definition) is 1. The number of para-hydroxylation sites is 1. The van der Waals surface area contributed by atoms with Crippen molar-refractivity contribution < 1.29 is 18.4 Å². The van der Waals surface area contributed by atoms with Crippen LogP contribution in [0.3, 0.4) is 0 Å². The summed E-state index contributed by atoms with van der Waals surface area (Å²) in [5.41, 5.74) is 0.680. The number of amides is 1. The Balaban J connectivity index is 1.42. The number of nitrogens with one attached hydrogen (secondary N) is 1. The smallest absolute Gasteiger partial charge is 0.287 e. The Kier molecular flexibility index (Phi) is 5.15. The molecule has 0 saturated carbocycles. The molecule has 0 unspecified atom stereocenters. The van der Waals surface area contributed by atoms with Gasteiger partial charge >= 0.3 is 0 Å². The molecule has 0 aliphatic heterocycles. The normalized spacial score (nSPS) is 11.0. The zero-order valence-corrected chi connectivity index (χ0v) is 14.0. The summed E-state index contributed by atoms with van der Waals surface area (Å²) in [5.74, 6) is 0.879. The van der Waals surface area contributed by atoms with Crippen LogP contribution in [-0.2, 0) is 11.3 Å². The van der Waals surface area contributed by atoms with Gasteiger partial charge in [0.05, 0.1) is 10.7 Å². The molecule has 0 fully saturated rings. The van der Waals surface area contributed by atoms with Crippen LogP contribution in [0, 0.1) is 0 Å². The summed E-state index contributed by atoms with van der Waals surface area (Å²) in [4.78, 5) is 12.1. The van der Waals surface area contributed by atoms with Gasteiger partial charge in [-0.15, -0.1) is 0 Å². The lowest BCUT2D eigenvalue weighted by Gasteiger charge is -2.04. The van der Waals surface area contributed by atoms with Crippen molar-refractivity contribution in [3.8, 4) is 0 Å². The van der Waals surface area contributed by atoms with E-state index in [2.05, 4.69) is 21.2 Å². The van der Waals surface area contributed by atoms with Crippen LogP contribution >= 0.6 is 15.9 Å². The number of carbonyl (C=O) groups is 1. The molecule has 2 aromatic heterocycles. The van der Waals surface area contributed by atoms with Crippen molar-refractivity contribution in [1.82, 2.24) is 5.32 Å². The molecule has 1 aromatic carbocycles. The molecule has 1 amide bonds. The van der Waals surface area contributed by atoms with Crippen LogP contribution in [0.4, 0.5) is 0 Å². The molecule has 1 N–H and O–H groups in total. The predicted octanol–water partition coefficient (Wildman–Crippen LogP) is 4.13. The van der Waals surface area contributed by atoms with E-state index < -0.39 is 0 Å². The molecule has 23 heavy (non-hydrogen) atoms. The average Bonchev–Trinajstić information content (AvgIpc) is 3.20. The Morgan fingerprint density at radius 2 is 2.17 bits per heavy atom. The van der Waals surface area contributed by atoms with Gasteiger partial charge < -0.3 is 18.9 Å². The molecule has 5 nitrogen and oxygen atoms in total. The van der Waals surface area contributed by atoms with E-state index in [1.165, 1.54) is 0 Å². The first-order valence-electron chi connectivity index (χ1n) is 7.30. The zero-order valence-electron chi connectivity index (χ0n) is 12.4. The van der Waals surface area contributed by atoms with Gasteiger partial charge in [-0.1, -0.05) is 12.1 Å². The van der Waals surface area contributed by atoms with Crippen LogP contribution in [0.5, 0.6) is 0 Å². The molecule has 0 spiro atoms. The van der Waals surface area contributed by atoms with Gasteiger partial charge in [0.25, 0.3) is 5.91 Å². The third-order valence-electron chi connectivity index (χ3n) is 3.30. The molecule has 0 saturated heterocycles. The van der Waals surface area contributed by atoms with Crippen molar-refractivity contribution in [2.24, 2.45) is 0 Å². The highest BCUT2D eigenvalue weighted by atomic mass is 79.9. The largest absolute Gasteiger partial charge is 0.467 e. The molecule has 0 radical (unpaired) electrons. The standard InChI is InChI=1S/C17H16BrNO4/c18-14-6-1-4-12-10-15(23-16(12)14)17(20)19-7-3-8-21-11-13-5-2-9-22-13/h1-2,4-6,9-10H,3,7-8,11H2,(H,19,20). The van der Waals surface area contributed by atoms with Gasteiger partial charge in [-0.05, 0) is 46.6 Å². The van der Waals surface area contributed by atoms with Crippen molar-refractivity contribution in [1.29, 1.82) is 0 Å². The van der Waals surface area contributed by atoms with E-state index in [9.17, 15) is 4.79 Å². The first kappa shape index (κ1) is 15.8. The summed E-state index contributed by atoms with van der Waals surface area (Å²) in [6.45, 7) is 1.51. The summed E-state index contributed by atoms with van der Waals surface area (Å²) >= 11 is 3.41. The monoisotopic (exact) mass is 377 g/mol. The summed E-state index contributed by atoms with van der Waals surface area (Å²) in [6.07, 6.45) is 2.33. The maximum Gasteiger partial charge on any atom is 0.287 e. The van der Waals surface area contributed by atoms with E-state index >= 15 is 0 Å². The van der Waals surface area contributed by atoms with Gasteiger partial charge in [0.15, 0.2) is 5.76 Å². The van der Waals surface area contributed by atoms with Crippen molar-refractivity contribution in [2.45, 2.75) is 13.0 Å². The molecule has 3 rings (SSSR count). The molecule has 0 aliphatic rings. The Hall–Kier alpha value is -2.05. The number of fused-ring (bicyclic) bond motifs is 1. The van der Waals surface area contributed by atoms with Crippen molar-refractivity contribution in [3.05, 3.63) is 58.7 Å². The number of ether oxygens (including phenoxy) is 1. The highest BCUT2D eigenvalue weighted by Crippen LogP contribution is 2.26. The lowest BCUT2D eigenvalue weighted by Crippen LogP contribution is -2.24. The van der Waals surface area contributed by atoms with Crippen molar-refractivity contribution >= 4 is 32.8 Å². The SMILES string of the molecule is O=C(NCCCOCc1ccco1)c1cc2cccc(Br)c2o1. The molecule has 2 heterocycles. The molecule has 0 bridgehead atoms. The third kappa shape index (κ3) is 4.03. The van der Waals surface area contributed by atoms with E-state index in [0.717, 1.165) is 22.0 Å². The Morgan fingerprint density at radius 3 is 2.96 bits per heavy atom. The first-order chi connectivity index (χ1) is 11.2. The average molecular weight is 378 g/mol. The lowest BCUT2D eigenvalue weighted by atomic mass is 10.2. The second-order valence-corrected chi connectivity index (χ2v) is 5.86. The van der Waals surface area contributed by atoms with Gasteiger partial charge in [-0.25, -0.2) is 0 Å². The Morgan fingerprint density at radius 1 is 1.26 bits per heavy atom. The topological polar surface area (TPSA) is 64.6 Å². The Labute approximate surface area is 141 Å². The predicted molar refractivity (Wildman–Crippen MR) is 89.2 cm³/mol. The zero-order chi connectivity index (χ0) is 16.1. The van der Waals surface area contributed by atoms with Crippen LogP contribution < -0.4 is 5.32 Å².